The lowest BCUT2D eigenvalue weighted by Gasteiger charge is -2.07. The molecular formula is C13H9ClF2N2O. The first-order valence-electron chi connectivity index (χ1n) is 5.29. The maximum absolute atomic E-state index is 13.4. The van der Waals surface area contributed by atoms with Gasteiger partial charge in [0.25, 0.3) is 5.91 Å². The van der Waals surface area contributed by atoms with Crippen molar-refractivity contribution in [1.29, 1.82) is 0 Å². The molecule has 0 atom stereocenters. The van der Waals surface area contributed by atoms with Crippen molar-refractivity contribution in [1.82, 2.24) is 0 Å². The first-order valence-corrected chi connectivity index (χ1v) is 5.66. The molecule has 2 aromatic rings. The predicted molar refractivity (Wildman–Crippen MR) is 70.2 cm³/mol. The average Bonchev–Trinajstić information content (AvgIpc) is 2.37. The van der Waals surface area contributed by atoms with Gasteiger partial charge in [0, 0.05) is 11.6 Å². The van der Waals surface area contributed by atoms with Gasteiger partial charge < -0.3 is 11.1 Å². The van der Waals surface area contributed by atoms with Crippen LogP contribution in [0.1, 0.15) is 10.4 Å². The molecule has 0 aliphatic heterocycles. The minimum absolute atomic E-state index is 0.197. The highest BCUT2D eigenvalue weighted by molar-refractivity contribution is 6.33. The molecule has 0 radical (unpaired) electrons. The summed E-state index contributed by atoms with van der Waals surface area (Å²) in [5.41, 5.74) is 5.80. The van der Waals surface area contributed by atoms with E-state index in [0.29, 0.717) is 5.69 Å². The molecule has 1 amide bonds. The second-order valence-corrected chi connectivity index (χ2v) is 4.22. The van der Waals surface area contributed by atoms with Gasteiger partial charge in [-0.05, 0) is 30.3 Å². The molecule has 3 nitrogen and oxygen atoms in total. The third-order valence-electron chi connectivity index (χ3n) is 2.44. The predicted octanol–water partition coefficient (Wildman–Crippen LogP) is 3.45. The summed E-state index contributed by atoms with van der Waals surface area (Å²) >= 11 is 5.78. The first-order chi connectivity index (χ1) is 8.97. The largest absolute Gasteiger partial charge is 0.398 e. The van der Waals surface area contributed by atoms with E-state index in [1.54, 1.807) is 0 Å². The Kier molecular flexibility index (Phi) is 3.66. The standard InChI is InChI=1S/C13H9ClF2N2O/c14-9-5-7(1-4-11(9)17)13(19)18-12-6-8(15)2-3-10(12)16/h1-6H,17H2,(H,18,19). The highest BCUT2D eigenvalue weighted by atomic mass is 35.5. The zero-order valence-corrected chi connectivity index (χ0v) is 10.3. The van der Waals surface area contributed by atoms with E-state index in [1.165, 1.54) is 18.2 Å². The molecule has 3 N–H and O–H groups in total. The number of anilines is 2. The smallest absolute Gasteiger partial charge is 0.255 e. The fourth-order valence-electron chi connectivity index (χ4n) is 1.46. The van der Waals surface area contributed by atoms with Crippen LogP contribution in [0.3, 0.4) is 0 Å². The van der Waals surface area contributed by atoms with Gasteiger partial charge in [0.2, 0.25) is 0 Å². The molecule has 0 spiro atoms. The minimum Gasteiger partial charge on any atom is -0.398 e. The zero-order valence-electron chi connectivity index (χ0n) is 9.58. The van der Waals surface area contributed by atoms with E-state index in [9.17, 15) is 13.6 Å². The van der Waals surface area contributed by atoms with Crippen LogP contribution < -0.4 is 11.1 Å². The highest BCUT2D eigenvalue weighted by Gasteiger charge is 2.11. The minimum atomic E-state index is -0.726. The van der Waals surface area contributed by atoms with E-state index in [0.717, 1.165) is 18.2 Å². The van der Waals surface area contributed by atoms with Gasteiger partial charge in [-0.1, -0.05) is 11.6 Å². The number of nitrogens with two attached hydrogens (primary N) is 1. The van der Waals surface area contributed by atoms with Crippen LogP contribution in [0, 0.1) is 11.6 Å². The van der Waals surface area contributed by atoms with Gasteiger partial charge >= 0.3 is 0 Å². The molecule has 0 heterocycles. The summed E-state index contributed by atoms with van der Waals surface area (Å²) in [5, 5.41) is 2.48. The molecular weight excluding hydrogens is 274 g/mol. The molecule has 0 saturated heterocycles. The summed E-state index contributed by atoms with van der Waals surface area (Å²) in [6.07, 6.45) is 0. The molecule has 19 heavy (non-hydrogen) atoms. The number of hydrogen-bond acceptors (Lipinski definition) is 2. The topological polar surface area (TPSA) is 55.1 Å². The van der Waals surface area contributed by atoms with Crippen molar-refractivity contribution < 1.29 is 13.6 Å². The summed E-state index contributed by atoms with van der Waals surface area (Å²) in [5.74, 6) is -1.98. The number of carbonyl (C=O) groups excluding carboxylic acids is 1. The Morgan fingerprint density at radius 3 is 2.58 bits per heavy atom. The molecule has 2 aromatic carbocycles. The van der Waals surface area contributed by atoms with Gasteiger partial charge in [-0.15, -0.1) is 0 Å². The molecule has 98 valence electrons. The number of carbonyl (C=O) groups is 1. The van der Waals surface area contributed by atoms with Gasteiger partial charge in [-0.2, -0.15) is 0 Å². The van der Waals surface area contributed by atoms with Crippen molar-refractivity contribution in [2.75, 3.05) is 11.1 Å². The van der Waals surface area contributed by atoms with Crippen LogP contribution in [0.4, 0.5) is 20.2 Å². The van der Waals surface area contributed by atoms with E-state index in [-0.39, 0.29) is 16.3 Å². The van der Waals surface area contributed by atoms with Gasteiger partial charge in [0.1, 0.15) is 11.6 Å². The van der Waals surface area contributed by atoms with Crippen molar-refractivity contribution in [3.05, 3.63) is 58.6 Å². The molecule has 6 heteroatoms. The van der Waals surface area contributed by atoms with Crippen molar-refractivity contribution in [2.45, 2.75) is 0 Å². The lowest BCUT2D eigenvalue weighted by atomic mass is 10.2. The van der Waals surface area contributed by atoms with Crippen LogP contribution in [-0.2, 0) is 0 Å². The monoisotopic (exact) mass is 282 g/mol. The lowest BCUT2D eigenvalue weighted by Crippen LogP contribution is -2.13. The highest BCUT2D eigenvalue weighted by Crippen LogP contribution is 2.21. The summed E-state index contributed by atoms with van der Waals surface area (Å²) < 4.78 is 26.3. The molecule has 0 aromatic heterocycles. The van der Waals surface area contributed by atoms with Crippen LogP contribution in [0.5, 0.6) is 0 Å². The summed E-state index contributed by atoms with van der Waals surface area (Å²) in [7, 11) is 0. The second-order valence-electron chi connectivity index (χ2n) is 3.81. The fraction of sp³-hybridized carbons (Fsp3) is 0. The number of amides is 1. The van der Waals surface area contributed by atoms with E-state index >= 15 is 0 Å². The summed E-state index contributed by atoms with van der Waals surface area (Å²) in [6.45, 7) is 0. The molecule has 0 aliphatic rings. The molecule has 0 fully saturated rings. The van der Waals surface area contributed by atoms with E-state index in [1.807, 2.05) is 0 Å². The Balaban J connectivity index is 2.25. The molecule has 0 aliphatic carbocycles. The Morgan fingerprint density at radius 2 is 1.89 bits per heavy atom. The van der Waals surface area contributed by atoms with Gasteiger partial charge in [-0.3, -0.25) is 4.79 Å². The van der Waals surface area contributed by atoms with Crippen molar-refractivity contribution in [2.24, 2.45) is 0 Å². The normalized spacial score (nSPS) is 10.3. The van der Waals surface area contributed by atoms with Gasteiger partial charge in [0.15, 0.2) is 0 Å². The first kappa shape index (κ1) is 13.3. The zero-order chi connectivity index (χ0) is 14.0. The van der Waals surface area contributed by atoms with Crippen LogP contribution in [0.25, 0.3) is 0 Å². The van der Waals surface area contributed by atoms with Crippen LogP contribution >= 0.6 is 11.6 Å². The number of benzene rings is 2. The fourth-order valence-corrected chi connectivity index (χ4v) is 1.64. The van der Waals surface area contributed by atoms with E-state index < -0.39 is 17.5 Å². The number of nitrogen functional groups attached to an aromatic ring is 1. The Hall–Kier alpha value is -2.14. The molecule has 2 rings (SSSR count). The molecule has 0 bridgehead atoms. The number of nitrogens with one attached hydrogen (secondary N) is 1. The van der Waals surface area contributed by atoms with Gasteiger partial charge in [-0.25, -0.2) is 8.78 Å². The average molecular weight is 283 g/mol. The second kappa shape index (κ2) is 5.24. The third kappa shape index (κ3) is 3.00. The van der Waals surface area contributed by atoms with E-state index in [4.69, 9.17) is 17.3 Å². The number of hydrogen-bond donors (Lipinski definition) is 2. The maximum atomic E-state index is 13.4. The van der Waals surface area contributed by atoms with Crippen molar-refractivity contribution >= 4 is 28.9 Å². The Morgan fingerprint density at radius 1 is 1.16 bits per heavy atom. The van der Waals surface area contributed by atoms with Gasteiger partial charge in [0.05, 0.1) is 16.4 Å². The molecule has 0 saturated carbocycles. The van der Waals surface area contributed by atoms with Crippen LogP contribution in [-0.4, -0.2) is 5.91 Å². The van der Waals surface area contributed by atoms with E-state index in [2.05, 4.69) is 5.32 Å². The molecule has 0 unspecified atom stereocenters. The summed E-state index contributed by atoms with van der Waals surface area (Å²) in [6, 6.07) is 7.04. The van der Waals surface area contributed by atoms with Crippen LogP contribution in [0.2, 0.25) is 5.02 Å². The quantitative estimate of drug-likeness (QED) is 0.829. The third-order valence-corrected chi connectivity index (χ3v) is 2.77. The lowest BCUT2D eigenvalue weighted by molar-refractivity contribution is 0.102. The van der Waals surface area contributed by atoms with Crippen LogP contribution in [0.15, 0.2) is 36.4 Å². The number of halogens is 3. The summed E-state index contributed by atoms with van der Waals surface area (Å²) in [4.78, 5) is 11.8. The SMILES string of the molecule is Nc1ccc(C(=O)Nc2cc(F)ccc2F)cc1Cl. The Bertz CT molecular complexity index is 647. The Labute approximate surface area is 113 Å². The van der Waals surface area contributed by atoms with Crippen molar-refractivity contribution in [3.8, 4) is 0 Å². The van der Waals surface area contributed by atoms with Crippen molar-refractivity contribution in [3.63, 3.8) is 0 Å². The maximum Gasteiger partial charge on any atom is 0.255 e. The number of rotatable bonds is 2.